The number of fused-ring (bicyclic) bond motifs is 3. The fraction of sp³-hybridized carbons (Fsp3) is 0.250. The van der Waals surface area contributed by atoms with Crippen LogP contribution in [0.25, 0.3) is 10.9 Å². The summed E-state index contributed by atoms with van der Waals surface area (Å²) in [5.41, 5.74) is 4.68. The van der Waals surface area contributed by atoms with Gasteiger partial charge in [0.25, 0.3) is 0 Å². The molecule has 2 aromatic carbocycles. The Labute approximate surface area is 140 Å². The molecule has 4 nitrogen and oxygen atoms in total. The van der Waals surface area contributed by atoms with E-state index in [-0.39, 0.29) is 5.54 Å². The number of H-pyrrole nitrogens is 1. The van der Waals surface area contributed by atoms with E-state index >= 15 is 0 Å². The zero-order chi connectivity index (χ0) is 16.7. The summed E-state index contributed by atoms with van der Waals surface area (Å²) in [4.78, 5) is 14.8. The summed E-state index contributed by atoms with van der Waals surface area (Å²) in [6, 6.07) is 15.5. The molecule has 1 unspecified atom stereocenters. The second-order valence-electron chi connectivity index (χ2n) is 6.72. The largest absolute Gasteiger partial charge is 0.478 e. The maximum absolute atomic E-state index is 11.3. The van der Waals surface area contributed by atoms with Gasteiger partial charge in [0, 0.05) is 22.3 Å². The van der Waals surface area contributed by atoms with Crippen LogP contribution in [-0.2, 0) is 12.0 Å². The van der Waals surface area contributed by atoms with Crippen molar-refractivity contribution >= 4 is 22.6 Å². The van der Waals surface area contributed by atoms with Crippen molar-refractivity contribution in [1.82, 2.24) is 4.98 Å². The van der Waals surface area contributed by atoms with Crippen molar-refractivity contribution in [2.75, 3.05) is 5.32 Å². The highest BCUT2D eigenvalue weighted by Crippen LogP contribution is 2.40. The van der Waals surface area contributed by atoms with Crippen molar-refractivity contribution in [3.05, 3.63) is 65.4 Å². The van der Waals surface area contributed by atoms with Crippen LogP contribution in [0.4, 0.5) is 5.69 Å². The van der Waals surface area contributed by atoms with Crippen LogP contribution in [0.15, 0.2) is 48.5 Å². The first-order chi connectivity index (χ1) is 11.6. The van der Waals surface area contributed by atoms with Gasteiger partial charge in [0.15, 0.2) is 0 Å². The molecule has 0 spiro atoms. The van der Waals surface area contributed by atoms with E-state index in [1.807, 2.05) is 24.3 Å². The first-order valence-electron chi connectivity index (χ1n) is 8.28. The van der Waals surface area contributed by atoms with Crippen LogP contribution in [0.2, 0.25) is 0 Å². The van der Waals surface area contributed by atoms with Crippen LogP contribution in [0.3, 0.4) is 0 Å². The van der Waals surface area contributed by atoms with E-state index in [9.17, 15) is 9.90 Å². The van der Waals surface area contributed by atoms with Gasteiger partial charge >= 0.3 is 5.97 Å². The molecule has 0 saturated heterocycles. The molecule has 1 aromatic heterocycles. The number of rotatable bonds is 3. The molecule has 24 heavy (non-hydrogen) atoms. The lowest BCUT2D eigenvalue weighted by atomic mass is 9.81. The van der Waals surface area contributed by atoms with Gasteiger partial charge in [0.2, 0.25) is 0 Å². The average Bonchev–Trinajstić information content (AvgIpc) is 2.95. The molecule has 1 atom stereocenters. The van der Waals surface area contributed by atoms with Gasteiger partial charge in [-0.05, 0) is 62.1 Å². The van der Waals surface area contributed by atoms with Crippen LogP contribution in [0, 0.1) is 0 Å². The number of carboxylic acid groups (broad SMARTS) is 1. The number of aryl methyl sites for hydroxylation is 1. The third-order valence-electron chi connectivity index (χ3n) is 5.00. The summed E-state index contributed by atoms with van der Waals surface area (Å²) in [6.07, 6.45) is 3.09. The number of aromatic carboxylic acids is 1. The van der Waals surface area contributed by atoms with Crippen LogP contribution in [-0.4, -0.2) is 16.1 Å². The predicted molar refractivity (Wildman–Crippen MR) is 95.6 cm³/mol. The molecule has 0 saturated carbocycles. The number of nitrogens with one attached hydrogen (secondary N) is 2. The van der Waals surface area contributed by atoms with Crippen LogP contribution in [0.1, 0.15) is 41.4 Å². The molecule has 0 fully saturated rings. The average molecular weight is 320 g/mol. The molecular weight excluding hydrogens is 300 g/mol. The predicted octanol–water partition coefficient (Wildman–Crippen LogP) is 4.53. The second-order valence-corrected chi connectivity index (χ2v) is 6.72. The molecular formula is C20H20N2O2. The highest BCUT2D eigenvalue weighted by Gasteiger charge is 2.34. The molecule has 3 aromatic rings. The molecule has 0 radical (unpaired) electrons. The standard InChI is InChI=1S/C20H20N2O2/c1-20(22-14-6-3-2-4-7-14)11-5-8-15-16-12-13(19(23)24)9-10-17(16)21-18(15)20/h2-4,6-7,9-10,12,21-22H,5,8,11H2,1H3,(H,23,24). The van der Waals surface area contributed by atoms with Crippen LogP contribution in [0.5, 0.6) is 0 Å². The van der Waals surface area contributed by atoms with Crippen molar-refractivity contribution in [2.24, 2.45) is 0 Å². The number of hydrogen-bond donors (Lipinski definition) is 3. The summed E-state index contributed by atoms with van der Waals surface area (Å²) in [5, 5.41) is 14.0. The third kappa shape index (κ3) is 2.35. The number of hydrogen-bond acceptors (Lipinski definition) is 2. The number of aromatic nitrogens is 1. The van der Waals surface area contributed by atoms with E-state index in [2.05, 4.69) is 29.4 Å². The molecule has 1 aliphatic carbocycles. The molecule has 4 rings (SSSR count). The van der Waals surface area contributed by atoms with Crippen LogP contribution < -0.4 is 5.32 Å². The van der Waals surface area contributed by atoms with Gasteiger partial charge < -0.3 is 15.4 Å². The fourth-order valence-corrected chi connectivity index (χ4v) is 3.82. The topological polar surface area (TPSA) is 65.1 Å². The molecule has 1 aliphatic rings. The summed E-state index contributed by atoms with van der Waals surface area (Å²) in [5.74, 6) is -0.882. The highest BCUT2D eigenvalue weighted by atomic mass is 16.4. The molecule has 0 amide bonds. The smallest absolute Gasteiger partial charge is 0.335 e. The lowest BCUT2D eigenvalue weighted by Gasteiger charge is -2.35. The Hall–Kier alpha value is -2.75. The lowest BCUT2D eigenvalue weighted by molar-refractivity contribution is 0.0697. The minimum atomic E-state index is -0.882. The Bertz CT molecular complexity index is 914. The van der Waals surface area contributed by atoms with Crippen molar-refractivity contribution in [2.45, 2.75) is 31.7 Å². The Morgan fingerprint density at radius 3 is 2.75 bits per heavy atom. The van der Waals surface area contributed by atoms with Gasteiger partial charge in [-0.25, -0.2) is 4.79 Å². The van der Waals surface area contributed by atoms with Crippen molar-refractivity contribution in [3.8, 4) is 0 Å². The SMILES string of the molecule is CC1(Nc2ccccc2)CCCc2c1[nH]c1ccc(C(=O)O)cc21. The van der Waals surface area contributed by atoms with Crippen molar-refractivity contribution in [3.63, 3.8) is 0 Å². The van der Waals surface area contributed by atoms with E-state index in [0.717, 1.165) is 35.9 Å². The second kappa shape index (κ2) is 5.41. The van der Waals surface area contributed by atoms with Crippen molar-refractivity contribution < 1.29 is 9.90 Å². The number of para-hydroxylation sites is 1. The number of carbonyl (C=O) groups is 1. The third-order valence-corrected chi connectivity index (χ3v) is 5.00. The summed E-state index contributed by atoms with van der Waals surface area (Å²) in [7, 11) is 0. The maximum Gasteiger partial charge on any atom is 0.335 e. The minimum Gasteiger partial charge on any atom is -0.478 e. The normalized spacial score (nSPS) is 19.9. The zero-order valence-electron chi connectivity index (χ0n) is 13.6. The summed E-state index contributed by atoms with van der Waals surface area (Å²) < 4.78 is 0. The number of aromatic amines is 1. The first-order valence-corrected chi connectivity index (χ1v) is 8.28. The molecule has 0 bridgehead atoms. The van der Waals surface area contributed by atoms with Crippen molar-refractivity contribution in [1.29, 1.82) is 0 Å². The van der Waals surface area contributed by atoms with E-state index < -0.39 is 5.97 Å². The Morgan fingerprint density at radius 2 is 2.00 bits per heavy atom. The van der Waals surface area contributed by atoms with Gasteiger partial charge in [-0.3, -0.25) is 0 Å². The molecule has 3 N–H and O–H groups in total. The summed E-state index contributed by atoms with van der Waals surface area (Å²) >= 11 is 0. The Balaban J connectivity index is 1.82. The maximum atomic E-state index is 11.3. The van der Waals surface area contributed by atoms with E-state index in [4.69, 9.17) is 0 Å². The first kappa shape index (κ1) is 14.8. The Kier molecular flexibility index (Phi) is 3.34. The van der Waals surface area contributed by atoms with Gasteiger partial charge in [-0.2, -0.15) is 0 Å². The Morgan fingerprint density at radius 1 is 1.21 bits per heavy atom. The quantitative estimate of drug-likeness (QED) is 0.664. The number of carboxylic acids is 1. The number of benzene rings is 2. The van der Waals surface area contributed by atoms with Crippen LogP contribution >= 0.6 is 0 Å². The molecule has 0 aliphatic heterocycles. The molecule has 1 heterocycles. The highest BCUT2D eigenvalue weighted by molar-refractivity contribution is 5.95. The fourth-order valence-electron chi connectivity index (χ4n) is 3.82. The van der Waals surface area contributed by atoms with Gasteiger partial charge in [0.05, 0.1) is 11.1 Å². The molecule has 4 heteroatoms. The van der Waals surface area contributed by atoms with E-state index in [1.54, 1.807) is 12.1 Å². The lowest BCUT2D eigenvalue weighted by Crippen LogP contribution is -2.35. The van der Waals surface area contributed by atoms with Gasteiger partial charge in [-0.1, -0.05) is 18.2 Å². The van der Waals surface area contributed by atoms with Gasteiger partial charge in [-0.15, -0.1) is 0 Å². The van der Waals surface area contributed by atoms with E-state index in [1.165, 1.54) is 11.3 Å². The monoisotopic (exact) mass is 320 g/mol. The van der Waals surface area contributed by atoms with Gasteiger partial charge in [0.1, 0.15) is 0 Å². The summed E-state index contributed by atoms with van der Waals surface area (Å²) in [6.45, 7) is 2.21. The molecule has 122 valence electrons. The van der Waals surface area contributed by atoms with E-state index in [0.29, 0.717) is 5.56 Å². The minimum absolute atomic E-state index is 0.183. The zero-order valence-corrected chi connectivity index (χ0v) is 13.6. The number of anilines is 1.